The minimum atomic E-state index is -0.316. The molecule has 40 heavy (non-hydrogen) atoms. The molecule has 0 aliphatic heterocycles. The van der Waals surface area contributed by atoms with Crippen molar-refractivity contribution in [3.63, 3.8) is 0 Å². The van der Waals surface area contributed by atoms with E-state index in [-0.39, 0.29) is 24.1 Å². The average molecular weight is 625 g/mol. The minimum absolute atomic E-state index is 0.0848. The van der Waals surface area contributed by atoms with Gasteiger partial charge >= 0.3 is 11.9 Å². The van der Waals surface area contributed by atoms with Gasteiger partial charge in [0.1, 0.15) is 0 Å². The van der Waals surface area contributed by atoms with Gasteiger partial charge in [-0.15, -0.1) is 11.3 Å². The Morgan fingerprint density at radius 2 is 1.60 bits per heavy atom. The first-order chi connectivity index (χ1) is 19.4. The van der Waals surface area contributed by atoms with Gasteiger partial charge in [-0.2, -0.15) is 0 Å². The second-order valence-electron chi connectivity index (χ2n) is 9.60. The molecule has 0 fully saturated rings. The second kappa shape index (κ2) is 13.9. The number of aromatic nitrogens is 1. The van der Waals surface area contributed by atoms with Gasteiger partial charge in [0, 0.05) is 28.7 Å². The molecule has 0 radical (unpaired) electrons. The zero-order chi connectivity index (χ0) is 28.6. The number of aryl methyl sites for hydroxylation is 1. The number of fused-ring (bicyclic) bond motifs is 1. The first-order valence-electron chi connectivity index (χ1n) is 13.8. The zero-order valence-electron chi connectivity index (χ0n) is 23.1. The molecule has 0 unspecified atom stereocenters. The molecule has 8 heteroatoms. The highest BCUT2D eigenvalue weighted by Gasteiger charge is 2.19. The number of thiophene rings is 1. The number of ketones is 1. The Balaban J connectivity index is 1.64. The molecule has 0 saturated carbocycles. The molecule has 0 aliphatic carbocycles. The van der Waals surface area contributed by atoms with Crippen LogP contribution in [-0.2, 0) is 27.2 Å². The van der Waals surface area contributed by atoms with Crippen LogP contribution >= 0.6 is 27.3 Å². The lowest BCUT2D eigenvalue weighted by Gasteiger charge is -2.12. The molecule has 0 N–H and O–H groups in total. The van der Waals surface area contributed by atoms with E-state index in [2.05, 4.69) is 40.4 Å². The van der Waals surface area contributed by atoms with Crippen molar-refractivity contribution < 1.29 is 23.9 Å². The molecule has 2 aromatic carbocycles. The molecule has 2 aromatic heterocycles. The van der Waals surface area contributed by atoms with Crippen molar-refractivity contribution in [3.8, 4) is 11.3 Å². The molecule has 0 bridgehead atoms. The molecule has 4 aromatic rings. The quantitative estimate of drug-likeness (QED) is 0.0852. The Bertz CT molecular complexity index is 1500. The number of benzene rings is 2. The SMILES string of the molecule is CCCCOC(=O)c1ccc(-c2cc3ccc(C(=O)c4cc(CC(=O)OCC)c(Br)s4)cc3n2CCCC)cc1. The highest BCUT2D eigenvalue weighted by atomic mass is 79.9. The molecular weight excluding hydrogens is 590 g/mol. The fraction of sp³-hybridized carbons (Fsp3) is 0.344. The Morgan fingerprint density at radius 1 is 0.875 bits per heavy atom. The first kappa shape index (κ1) is 29.7. The number of carbonyl (C=O) groups is 3. The van der Waals surface area contributed by atoms with Crippen LogP contribution in [0.3, 0.4) is 0 Å². The number of hydrogen-bond donors (Lipinski definition) is 0. The summed E-state index contributed by atoms with van der Waals surface area (Å²) in [6.45, 7) is 7.54. The molecule has 210 valence electrons. The standard InChI is InChI=1S/C32H34BrNO5S/c1-4-7-15-34-26(21-9-11-22(12-10-21)32(37)39-16-8-5-2)17-23-13-14-24(18-27(23)34)30(36)28-19-25(31(33)40-28)20-29(35)38-6-3/h9-14,17-19H,4-8,15-16,20H2,1-3H3. The van der Waals surface area contributed by atoms with Gasteiger partial charge in [-0.1, -0.05) is 51.0 Å². The summed E-state index contributed by atoms with van der Waals surface area (Å²) in [7, 11) is 0. The summed E-state index contributed by atoms with van der Waals surface area (Å²) < 4.78 is 13.4. The van der Waals surface area contributed by atoms with Gasteiger partial charge in [0.2, 0.25) is 5.78 Å². The largest absolute Gasteiger partial charge is 0.466 e. The van der Waals surface area contributed by atoms with Crippen molar-refractivity contribution in [2.75, 3.05) is 13.2 Å². The van der Waals surface area contributed by atoms with Gasteiger partial charge in [-0.05, 0) is 77.2 Å². The van der Waals surface area contributed by atoms with E-state index >= 15 is 0 Å². The summed E-state index contributed by atoms with van der Waals surface area (Å²) in [5, 5.41) is 1.04. The predicted octanol–water partition coefficient (Wildman–Crippen LogP) is 8.23. The molecule has 0 aliphatic rings. The summed E-state index contributed by atoms with van der Waals surface area (Å²) in [4.78, 5) is 38.4. The van der Waals surface area contributed by atoms with E-state index in [1.54, 1.807) is 13.0 Å². The van der Waals surface area contributed by atoms with Crippen molar-refractivity contribution in [3.05, 3.63) is 80.0 Å². The lowest BCUT2D eigenvalue weighted by Crippen LogP contribution is -2.07. The first-order valence-corrected chi connectivity index (χ1v) is 15.4. The normalized spacial score (nSPS) is 11.1. The van der Waals surface area contributed by atoms with Gasteiger partial charge in [0.15, 0.2) is 0 Å². The third kappa shape index (κ3) is 6.91. The summed E-state index contributed by atoms with van der Waals surface area (Å²) in [5.74, 6) is -0.706. The van der Waals surface area contributed by atoms with Crippen molar-refractivity contribution in [2.24, 2.45) is 0 Å². The molecule has 6 nitrogen and oxygen atoms in total. The van der Waals surface area contributed by atoms with Crippen molar-refractivity contribution in [1.29, 1.82) is 0 Å². The second-order valence-corrected chi connectivity index (χ2v) is 12.0. The molecule has 0 atom stereocenters. The third-order valence-electron chi connectivity index (χ3n) is 6.67. The van der Waals surface area contributed by atoms with Crippen LogP contribution in [0, 0.1) is 0 Å². The highest BCUT2D eigenvalue weighted by molar-refractivity contribution is 9.11. The molecular formula is C32H34BrNO5S. The Morgan fingerprint density at radius 3 is 2.30 bits per heavy atom. The maximum atomic E-state index is 13.5. The van der Waals surface area contributed by atoms with Crippen molar-refractivity contribution in [2.45, 2.75) is 59.4 Å². The maximum Gasteiger partial charge on any atom is 0.338 e. The predicted molar refractivity (Wildman–Crippen MR) is 163 cm³/mol. The molecule has 0 saturated heterocycles. The fourth-order valence-electron chi connectivity index (χ4n) is 4.51. The van der Waals surface area contributed by atoms with Crippen molar-refractivity contribution in [1.82, 2.24) is 4.57 Å². The highest BCUT2D eigenvalue weighted by Crippen LogP contribution is 2.33. The van der Waals surface area contributed by atoms with Crippen molar-refractivity contribution >= 4 is 55.9 Å². The number of unbranched alkanes of at least 4 members (excludes halogenated alkanes) is 2. The zero-order valence-corrected chi connectivity index (χ0v) is 25.5. The van der Waals surface area contributed by atoms with Crippen LogP contribution in [0.1, 0.15) is 77.6 Å². The van der Waals surface area contributed by atoms with Crippen LogP contribution in [0.25, 0.3) is 22.2 Å². The number of rotatable bonds is 13. The minimum Gasteiger partial charge on any atom is -0.466 e. The maximum absolute atomic E-state index is 13.5. The van der Waals surface area contributed by atoms with E-state index in [9.17, 15) is 14.4 Å². The van der Waals surface area contributed by atoms with E-state index < -0.39 is 0 Å². The lowest BCUT2D eigenvalue weighted by molar-refractivity contribution is -0.142. The topological polar surface area (TPSA) is 74.6 Å². The van der Waals surface area contributed by atoms with Gasteiger partial charge in [0.25, 0.3) is 0 Å². The van der Waals surface area contributed by atoms with E-state index in [0.29, 0.717) is 29.2 Å². The Labute approximate surface area is 247 Å². The van der Waals surface area contributed by atoms with Crippen LogP contribution in [0.15, 0.2) is 58.4 Å². The lowest BCUT2D eigenvalue weighted by atomic mass is 10.1. The summed E-state index contributed by atoms with van der Waals surface area (Å²) in [6.07, 6.45) is 3.97. The van der Waals surface area contributed by atoms with Gasteiger partial charge in [0.05, 0.1) is 33.9 Å². The third-order valence-corrected chi connectivity index (χ3v) is 8.63. The average Bonchev–Trinajstić information content (AvgIpc) is 3.51. The van der Waals surface area contributed by atoms with E-state index in [1.165, 1.54) is 11.3 Å². The molecule has 2 heterocycles. The van der Waals surface area contributed by atoms with Crippen LogP contribution in [0.2, 0.25) is 0 Å². The monoisotopic (exact) mass is 623 g/mol. The number of halogens is 1. The number of esters is 2. The van der Waals surface area contributed by atoms with Crippen LogP contribution in [0.4, 0.5) is 0 Å². The smallest absolute Gasteiger partial charge is 0.338 e. The van der Waals surface area contributed by atoms with Crippen LogP contribution in [-0.4, -0.2) is 35.5 Å². The summed E-state index contributed by atoms with van der Waals surface area (Å²) in [6, 6.07) is 17.2. The van der Waals surface area contributed by atoms with E-state index in [0.717, 1.165) is 63.7 Å². The van der Waals surface area contributed by atoms with Gasteiger partial charge in [-0.3, -0.25) is 9.59 Å². The Kier molecular flexibility index (Phi) is 10.3. The molecule has 0 amide bonds. The summed E-state index contributed by atoms with van der Waals surface area (Å²) >= 11 is 4.83. The van der Waals surface area contributed by atoms with Crippen LogP contribution < -0.4 is 0 Å². The Hall–Kier alpha value is -3.23. The van der Waals surface area contributed by atoms with Gasteiger partial charge < -0.3 is 14.0 Å². The van der Waals surface area contributed by atoms with Crippen LogP contribution in [0.5, 0.6) is 0 Å². The number of carbonyl (C=O) groups excluding carboxylic acids is 3. The van der Waals surface area contributed by atoms with E-state index in [4.69, 9.17) is 9.47 Å². The number of hydrogen-bond acceptors (Lipinski definition) is 6. The summed E-state index contributed by atoms with van der Waals surface area (Å²) in [5.41, 5.74) is 4.90. The number of ether oxygens (including phenoxy) is 2. The number of nitrogens with zero attached hydrogens (tertiary/aromatic N) is 1. The molecule has 4 rings (SSSR count). The van der Waals surface area contributed by atoms with Gasteiger partial charge in [-0.25, -0.2) is 4.79 Å². The van der Waals surface area contributed by atoms with E-state index in [1.807, 2.05) is 42.5 Å². The fourth-order valence-corrected chi connectivity index (χ4v) is 6.16. The molecule has 0 spiro atoms.